The molecule has 1 aliphatic heterocycles. The van der Waals surface area contributed by atoms with Crippen LogP contribution in [0.3, 0.4) is 0 Å². The number of carbonyl (C=O) groups is 2. The molecule has 8 nitrogen and oxygen atoms in total. The minimum atomic E-state index is -0.572. The Morgan fingerprint density at radius 3 is 2.46 bits per heavy atom. The van der Waals surface area contributed by atoms with Gasteiger partial charge in [0, 0.05) is 36.1 Å². The lowest BCUT2D eigenvalue weighted by Gasteiger charge is -2.38. The van der Waals surface area contributed by atoms with Crippen LogP contribution >= 0.6 is 0 Å². The van der Waals surface area contributed by atoms with E-state index in [1.54, 1.807) is 0 Å². The Balaban J connectivity index is 1.47. The molecule has 1 aromatic heterocycles. The molecule has 2 aromatic rings. The Hall–Kier alpha value is -2.87. The topological polar surface area (TPSA) is 110 Å². The van der Waals surface area contributed by atoms with Crippen molar-refractivity contribution in [1.29, 1.82) is 0 Å². The molecule has 4 N–H and O–H groups in total. The van der Waals surface area contributed by atoms with Crippen LogP contribution in [0.4, 0.5) is 10.5 Å². The number of nitrogens with zero attached hydrogens (tertiary/aromatic N) is 2. The maximum absolute atomic E-state index is 13.5. The van der Waals surface area contributed by atoms with E-state index in [1.165, 1.54) is 6.42 Å². The number of aliphatic hydroxyl groups is 1. The first kappa shape index (κ1) is 25.2. The largest absolute Gasteiger partial charge is 0.396 e. The number of anilines is 1. The quantitative estimate of drug-likeness (QED) is 0.466. The van der Waals surface area contributed by atoms with Crippen LogP contribution in [0.25, 0.3) is 11.1 Å². The van der Waals surface area contributed by atoms with Gasteiger partial charge in [-0.15, -0.1) is 0 Å². The number of hydrogen-bond donors (Lipinski definition) is 4. The molecule has 2 atom stereocenters. The lowest BCUT2D eigenvalue weighted by Crippen LogP contribution is -2.56. The number of amides is 3. The number of nitrogens with one attached hydrogen (secondary N) is 3. The molecule has 0 radical (unpaired) electrons. The van der Waals surface area contributed by atoms with Crippen molar-refractivity contribution in [3.8, 4) is 11.1 Å². The standard InChI is InChI=1S/C27H39N5O3/c1-18-24(19(2)31-30-18)20-11-13-22(14-12-20)28-26(34)25(21-8-4-3-5-9-21)29-27(35)32-16-7-6-10-23(32)15-17-33/h11-14,21,23,25,33H,3-10,15-17H2,1-2H3,(H,28,34)(H,29,35)(H,30,31)/t23?,25-/m0/s1. The molecule has 1 aromatic carbocycles. The van der Waals surface area contributed by atoms with Gasteiger partial charge in [-0.25, -0.2) is 4.79 Å². The number of likely N-dealkylation sites (tertiary alicyclic amines) is 1. The number of benzene rings is 1. The molecule has 8 heteroatoms. The van der Waals surface area contributed by atoms with E-state index in [-0.39, 0.29) is 30.5 Å². The van der Waals surface area contributed by atoms with Gasteiger partial charge < -0.3 is 20.6 Å². The maximum Gasteiger partial charge on any atom is 0.318 e. The van der Waals surface area contributed by atoms with Crippen LogP contribution < -0.4 is 10.6 Å². The van der Waals surface area contributed by atoms with Gasteiger partial charge in [-0.3, -0.25) is 9.89 Å². The molecule has 190 valence electrons. The summed E-state index contributed by atoms with van der Waals surface area (Å²) in [4.78, 5) is 28.6. The van der Waals surface area contributed by atoms with Gasteiger partial charge in [0.1, 0.15) is 6.04 Å². The first-order chi connectivity index (χ1) is 17.0. The van der Waals surface area contributed by atoms with Gasteiger partial charge in [0.15, 0.2) is 0 Å². The van der Waals surface area contributed by atoms with Gasteiger partial charge in [0.25, 0.3) is 0 Å². The highest BCUT2D eigenvalue weighted by Crippen LogP contribution is 2.29. The van der Waals surface area contributed by atoms with E-state index in [4.69, 9.17) is 0 Å². The van der Waals surface area contributed by atoms with E-state index in [9.17, 15) is 14.7 Å². The number of carbonyl (C=O) groups excluding carboxylic acids is 2. The number of aromatic nitrogens is 2. The number of aromatic amines is 1. The Morgan fingerprint density at radius 2 is 1.80 bits per heavy atom. The Labute approximate surface area is 207 Å². The highest BCUT2D eigenvalue weighted by Gasteiger charge is 2.34. The van der Waals surface area contributed by atoms with E-state index in [0.29, 0.717) is 18.7 Å². The minimum absolute atomic E-state index is 0.0335. The van der Waals surface area contributed by atoms with Crippen LogP contribution in [0.15, 0.2) is 24.3 Å². The third-order valence-corrected chi connectivity index (χ3v) is 7.60. The summed E-state index contributed by atoms with van der Waals surface area (Å²) in [6.45, 7) is 4.70. The van der Waals surface area contributed by atoms with Crippen molar-refractivity contribution in [2.45, 2.75) is 83.7 Å². The summed E-state index contributed by atoms with van der Waals surface area (Å²) in [6.07, 6.45) is 8.72. The van der Waals surface area contributed by atoms with Crippen LogP contribution in [-0.4, -0.2) is 57.4 Å². The second-order valence-electron chi connectivity index (χ2n) is 10.1. The van der Waals surface area contributed by atoms with Gasteiger partial charge >= 0.3 is 6.03 Å². The van der Waals surface area contributed by atoms with Crippen molar-refractivity contribution in [3.05, 3.63) is 35.7 Å². The van der Waals surface area contributed by atoms with Crippen LogP contribution in [-0.2, 0) is 4.79 Å². The minimum Gasteiger partial charge on any atom is -0.396 e. The van der Waals surface area contributed by atoms with E-state index in [2.05, 4.69) is 20.8 Å². The van der Waals surface area contributed by atoms with Crippen molar-refractivity contribution in [2.75, 3.05) is 18.5 Å². The number of rotatable bonds is 7. The van der Waals surface area contributed by atoms with Crippen LogP contribution in [0.5, 0.6) is 0 Å². The second-order valence-corrected chi connectivity index (χ2v) is 10.1. The van der Waals surface area contributed by atoms with Gasteiger partial charge in [0.05, 0.1) is 5.69 Å². The van der Waals surface area contributed by atoms with Crippen LogP contribution in [0, 0.1) is 19.8 Å². The summed E-state index contributed by atoms with van der Waals surface area (Å²) in [5, 5.41) is 22.9. The number of H-pyrrole nitrogens is 1. The number of urea groups is 1. The summed E-state index contributed by atoms with van der Waals surface area (Å²) >= 11 is 0. The predicted molar refractivity (Wildman–Crippen MR) is 137 cm³/mol. The molecule has 0 bridgehead atoms. The van der Waals surface area contributed by atoms with Crippen LogP contribution in [0.2, 0.25) is 0 Å². The average molecular weight is 482 g/mol. The third kappa shape index (κ3) is 6.04. The molecule has 35 heavy (non-hydrogen) atoms. The van der Waals surface area contributed by atoms with Crippen LogP contribution in [0.1, 0.15) is 69.2 Å². The molecule has 1 saturated heterocycles. The zero-order valence-corrected chi connectivity index (χ0v) is 21.0. The first-order valence-corrected chi connectivity index (χ1v) is 13.1. The number of hydrogen-bond acceptors (Lipinski definition) is 4. The number of aliphatic hydroxyl groups excluding tert-OH is 1. The average Bonchev–Trinajstić information content (AvgIpc) is 3.21. The molecular formula is C27H39N5O3. The Morgan fingerprint density at radius 1 is 1.09 bits per heavy atom. The fourth-order valence-corrected chi connectivity index (χ4v) is 5.71. The molecule has 1 unspecified atom stereocenters. The third-order valence-electron chi connectivity index (χ3n) is 7.60. The molecule has 2 heterocycles. The van der Waals surface area contributed by atoms with Crippen molar-refractivity contribution in [3.63, 3.8) is 0 Å². The first-order valence-electron chi connectivity index (χ1n) is 13.1. The summed E-state index contributed by atoms with van der Waals surface area (Å²) in [7, 11) is 0. The molecule has 4 rings (SSSR count). The zero-order valence-electron chi connectivity index (χ0n) is 21.0. The second kappa shape index (κ2) is 11.7. The fraction of sp³-hybridized carbons (Fsp3) is 0.593. The lowest BCUT2D eigenvalue weighted by molar-refractivity contribution is -0.119. The van der Waals surface area contributed by atoms with E-state index in [1.807, 2.05) is 43.0 Å². The zero-order chi connectivity index (χ0) is 24.8. The van der Waals surface area contributed by atoms with Gasteiger partial charge in [-0.2, -0.15) is 5.10 Å². The lowest BCUT2D eigenvalue weighted by atomic mass is 9.83. The molecule has 1 aliphatic carbocycles. The Kier molecular flexibility index (Phi) is 8.44. The van der Waals surface area contributed by atoms with Crippen molar-refractivity contribution in [2.24, 2.45) is 5.92 Å². The predicted octanol–water partition coefficient (Wildman–Crippen LogP) is 4.53. The summed E-state index contributed by atoms with van der Waals surface area (Å²) in [5.41, 5.74) is 4.79. The highest BCUT2D eigenvalue weighted by atomic mass is 16.3. The molecule has 2 fully saturated rings. The van der Waals surface area contributed by atoms with E-state index >= 15 is 0 Å². The fourth-order valence-electron chi connectivity index (χ4n) is 5.71. The summed E-state index contributed by atoms with van der Waals surface area (Å²) < 4.78 is 0. The molecule has 1 saturated carbocycles. The monoisotopic (exact) mass is 481 g/mol. The smallest absolute Gasteiger partial charge is 0.318 e. The van der Waals surface area contributed by atoms with Crippen molar-refractivity contribution < 1.29 is 14.7 Å². The molecule has 0 spiro atoms. The van der Waals surface area contributed by atoms with Gasteiger partial charge in [-0.1, -0.05) is 31.4 Å². The maximum atomic E-state index is 13.5. The Bertz CT molecular complexity index is 975. The van der Waals surface area contributed by atoms with E-state index < -0.39 is 6.04 Å². The van der Waals surface area contributed by atoms with E-state index in [0.717, 1.165) is 67.5 Å². The SMILES string of the molecule is Cc1n[nH]c(C)c1-c1ccc(NC(=O)[C@@H](NC(=O)N2CCCCC2CCO)C2CCCCC2)cc1. The van der Waals surface area contributed by atoms with Crippen molar-refractivity contribution >= 4 is 17.6 Å². The normalized spacial score (nSPS) is 19.9. The molecule has 3 amide bonds. The number of piperidine rings is 1. The summed E-state index contributed by atoms with van der Waals surface area (Å²) in [6, 6.07) is 7.06. The molecule has 2 aliphatic rings. The van der Waals surface area contributed by atoms with Gasteiger partial charge in [0.2, 0.25) is 5.91 Å². The van der Waals surface area contributed by atoms with Gasteiger partial charge in [-0.05, 0) is 76.0 Å². The molecular weight excluding hydrogens is 442 g/mol. The summed E-state index contributed by atoms with van der Waals surface area (Å²) in [5.74, 6) is -0.0336. The van der Waals surface area contributed by atoms with Crippen molar-refractivity contribution in [1.82, 2.24) is 20.4 Å². The number of aryl methyl sites for hydroxylation is 2. The highest BCUT2D eigenvalue weighted by molar-refractivity contribution is 5.97.